The Labute approximate surface area is 237 Å². The number of aryl methyl sites for hydroxylation is 1. The van der Waals surface area contributed by atoms with Crippen LogP contribution in [0, 0.1) is 6.92 Å². The molecule has 0 aliphatic rings. The van der Waals surface area contributed by atoms with Gasteiger partial charge in [0, 0.05) is 17.2 Å². The Morgan fingerprint density at radius 1 is 0.425 bits per heavy atom. The van der Waals surface area contributed by atoms with E-state index in [4.69, 9.17) is 0 Å². The van der Waals surface area contributed by atoms with Crippen LogP contribution in [-0.2, 0) is 5.41 Å². The van der Waals surface area contributed by atoms with Crippen LogP contribution in [0.1, 0.15) is 30.5 Å². The Balaban J connectivity index is 1.28. The Bertz CT molecular complexity index is 1760. The number of hydrogen-bond donors (Lipinski definition) is 0. The number of nitrogens with zero attached hydrogens (tertiary/aromatic N) is 1. The lowest BCUT2D eigenvalue weighted by Crippen LogP contribution is -2.18. The van der Waals surface area contributed by atoms with Crippen LogP contribution >= 0.6 is 0 Å². The summed E-state index contributed by atoms with van der Waals surface area (Å²) in [5.74, 6) is 0. The normalized spacial score (nSPS) is 11.4. The molecular formula is C39H33N. The van der Waals surface area contributed by atoms with Crippen molar-refractivity contribution in [2.75, 3.05) is 0 Å². The Hall–Kier alpha value is -4.75. The Kier molecular flexibility index (Phi) is 6.88. The zero-order valence-corrected chi connectivity index (χ0v) is 23.3. The molecular weight excluding hydrogens is 482 g/mol. The van der Waals surface area contributed by atoms with Crippen LogP contribution in [0.2, 0.25) is 0 Å². The van der Waals surface area contributed by atoms with Crippen molar-refractivity contribution < 1.29 is 0 Å². The van der Waals surface area contributed by atoms with Gasteiger partial charge in [-0.15, -0.1) is 0 Å². The number of aromatic nitrogens is 1. The highest BCUT2D eigenvalue weighted by molar-refractivity contribution is 5.78. The van der Waals surface area contributed by atoms with Crippen LogP contribution in [-0.4, -0.2) is 4.98 Å². The van der Waals surface area contributed by atoms with Gasteiger partial charge in [0.15, 0.2) is 0 Å². The molecule has 6 aromatic rings. The van der Waals surface area contributed by atoms with Gasteiger partial charge in [0.25, 0.3) is 0 Å². The first kappa shape index (κ1) is 25.5. The van der Waals surface area contributed by atoms with Gasteiger partial charge < -0.3 is 0 Å². The molecule has 0 amide bonds. The first-order valence-corrected chi connectivity index (χ1v) is 13.9. The van der Waals surface area contributed by atoms with Crippen molar-refractivity contribution in [3.63, 3.8) is 0 Å². The summed E-state index contributed by atoms with van der Waals surface area (Å²) >= 11 is 0. The summed E-state index contributed by atoms with van der Waals surface area (Å²) in [6, 6.07) is 50.2. The maximum Gasteiger partial charge on any atom is 0.0704 e. The quantitative estimate of drug-likeness (QED) is 0.215. The molecule has 0 fully saturated rings. The molecule has 0 aliphatic carbocycles. The van der Waals surface area contributed by atoms with Gasteiger partial charge in [-0.3, -0.25) is 4.98 Å². The molecule has 0 saturated carbocycles. The van der Waals surface area contributed by atoms with Crippen molar-refractivity contribution in [3.8, 4) is 44.6 Å². The molecule has 0 N–H and O–H groups in total. The second-order valence-corrected chi connectivity index (χ2v) is 11.0. The number of hydrogen-bond acceptors (Lipinski definition) is 1. The van der Waals surface area contributed by atoms with Crippen LogP contribution in [0.15, 0.2) is 146 Å². The van der Waals surface area contributed by atoms with Crippen molar-refractivity contribution >= 4 is 0 Å². The molecule has 194 valence electrons. The molecule has 1 aromatic heterocycles. The molecule has 1 heteroatoms. The standard InChI is InChI=1S/C39H33N/c1-28-22-23-40-38(24-28)35-15-9-14-34(27-35)33-13-8-12-32(26-33)31-11-7-10-30(25-31)29-18-20-37(21-19-29)39(2,3)36-16-5-4-6-17-36/h4-27H,1-3H3. The second-order valence-electron chi connectivity index (χ2n) is 11.0. The minimum absolute atomic E-state index is 0.0468. The van der Waals surface area contributed by atoms with E-state index >= 15 is 0 Å². The first-order valence-electron chi connectivity index (χ1n) is 13.9. The lowest BCUT2D eigenvalue weighted by molar-refractivity contribution is 0.641. The average Bonchev–Trinajstić information content (AvgIpc) is 3.02. The first-order chi connectivity index (χ1) is 19.5. The van der Waals surface area contributed by atoms with Crippen molar-refractivity contribution in [3.05, 3.63) is 162 Å². The lowest BCUT2D eigenvalue weighted by Gasteiger charge is -2.26. The third-order valence-corrected chi connectivity index (χ3v) is 7.90. The monoisotopic (exact) mass is 515 g/mol. The van der Waals surface area contributed by atoms with E-state index in [0.29, 0.717) is 0 Å². The molecule has 6 rings (SSSR count). The van der Waals surface area contributed by atoms with Crippen molar-refractivity contribution in [1.29, 1.82) is 0 Å². The molecule has 0 radical (unpaired) electrons. The van der Waals surface area contributed by atoms with Gasteiger partial charge >= 0.3 is 0 Å². The molecule has 0 bridgehead atoms. The van der Waals surface area contributed by atoms with Crippen molar-refractivity contribution in [1.82, 2.24) is 4.98 Å². The highest BCUT2D eigenvalue weighted by Crippen LogP contribution is 2.34. The summed E-state index contributed by atoms with van der Waals surface area (Å²) in [4.78, 5) is 4.58. The fraction of sp³-hybridized carbons (Fsp3) is 0.103. The number of rotatable bonds is 6. The molecule has 0 unspecified atom stereocenters. The van der Waals surface area contributed by atoms with Gasteiger partial charge in [0.1, 0.15) is 0 Å². The van der Waals surface area contributed by atoms with Gasteiger partial charge in [0.05, 0.1) is 5.69 Å². The van der Waals surface area contributed by atoms with Crippen molar-refractivity contribution in [2.24, 2.45) is 0 Å². The van der Waals surface area contributed by atoms with E-state index in [-0.39, 0.29) is 5.41 Å². The SMILES string of the molecule is Cc1ccnc(-c2cccc(-c3cccc(-c4cccc(-c5ccc(C(C)(C)c6ccccc6)cc5)c4)c3)c2)c1. The maximum absolute atomic E-state index is 4.58. The zero-order chi connectivity index (χ0) is 27.5. The largest absolute Gasteiger partial charge is 0.256 e. The van der Waals surface area contributed by atoms with Crippen molar-refractivity contribution in [2.45, 2.75) is 26.2 Å². The van der Waals surface area contributed by atoms with Crippen LogP contribution in [0.4, 0.5) is 0 Å². The van der Waals surface area contributed by atoms with E-state index in [2.05, 4.69) is 159 Å². The summed E-state index contributed by atoms with van der Waals surface area (Å²) in [5.41, 5.74) is 13.2. The van der Waals surface area contributed by atoms with E-state index in [1.165, 1.54) is 50.1 Å². The van der Waals surface area contributed by atoms with Gasteiger partial charge in [0.2, 0.25) is 0 Å². The van der Waals surface area contributed by atoms with Crippen LogP contribution in [0.3, 0.4) is 0 Å². The third kappa shape index (κ3) is 5.24. The number of benzene rings is 5. The number of pyridine rings is 1. The predicted octanol–water partition coefficient (Wildman–Crippen LogP) is 10.4. The Morgan fingerprint density at radius 2 is 0.900 bits per heavy atom. The molecule has 0 atom stereocenters. The van der Waals surface area contributed by atoms with Crippen LogP contribution in [0.5, 0.6) is 0 Å². The van der Waals surface area contributed by atoms with E-state index in [9.17, 15) is 0 Å². The molecule has 0 aliphatic heterocycles. The minimum Gasteiger partial charge on any atom is -0.256 e. The summed E-state index contributed by atoms with van der Waals surface area (Å²) in [6.45, 7) is 6.68. The van der Waals surface area contributed by atoms with Gasteiger partial charge in [-0.05, 0) is 87.3 Å². The van der Waals surface area contributed by atoms with Gasteiger partial charge in [-0.2, -0.15) is 0 Å². The molecule has 5 aromatic carbocycles. The summed E-state index contributed by atoms with van der Waals surface area (Å²) in [7, 11) is 0. The van der Waals surface area contributed by atoms with E-state index in [1.54, 1.807) is 0 Å². The lowest BCUT2D eigenvalue weighted by atomic mass is 9.78. The van der Waals surface area contributed by atoms with Gasteiger partial charge in [-0.1, -0.05) is 123 Å². The smallest absolute Gasteiger partial charge is 0.0704 e. The van der Waals surface area contributed by atoms with Crippen LogP contribution in [0.25, 0.3) is 44.6 Å². The second kappa shape index (κ2) is 10.8. The van der Waals surface area contributed by atoms with E-state index < -0.39 is 0 Å². The minimum atomic E-state index is -0.0468. The highest BCUT2D eigenvalue weighted by atomic mass is 14.7. The third-order valence-electron chi connectivity index (χ3n) is 7.90. The molecule has 1 heterocycles. The predicted molar refractivity (Wildman–Crippen MR) is 169 cm³/mol. The van der Waals surface area contributed by atoms with E-state index in [0.717, 1.165) is 11.3 Å². The van der Waals surface area contributed by atoms with E-state index in [1.807, 2.05) is 12.3 Å². The average molecular weight is 516 g/mol. The van der Waals surface area contributed by atoms with Crippen LogP contribution < -0.4 is 0 Å². The maximum atomic E-state index is 4.58. The zero-order valence-electron chi connectivity index (χ0n) is 23.3. The molecule has 1 nitrogen and oxygen atoms in total. The molecule has 0 saturated heterocycles. The highest BCUT2D eigenvalue weighted by Gasteiger charge is 2.22. The molecule has 40 heavy (non-hydrogen) atoms. The molecule has 0 spiro atoms. The summed E-state index contributed by atoms with van der Waals surface area (Å²) in [5, 5.41) is 0. The Morgan fingerprint density at radius 3 is 1.45 bits per heavy atom. The fourth-order valence-electron chi connectivity index (χ4n) is 5.41. The topological polar surface area (TPSA) is 12.9 Å². The summed E-state index contributed by atoms with van der Waals surface area (Å²) < 4.78 is 0. The fourth-order valence-corrected chi connectivity index (χ4v) is 5.41. The summed E-state index contributed by atoms with van der Waals surface area (Å²) in [6.07, 6.45) is 1.88. The van der Waals surface area contributed by atoms with Gasteiger partial charge in [-0.25, -0.2) is 0 Å².